The minimum Gasteiger partial charge on any atom is -0.508 e. The van der Waals surface area contributed by atoms with Crippen LogP contribution in [0, 0.1) is 5.92 Å². The van der Waals surface area contributed by atoms with Crippen LogP contribution in [-0.4, -0.2) is 44.3 Å². The number of hydrogen-bond acceptors (Lipinski definition) is 8. The van der Waals surface area contributed by atoms with E-state index >= 15 is 0 Å². The molecule has 0 saturated heterocycles. The van der Waals surface area contributed by atoms with Gasteiger partial charge in [0.1, 0.15) is 17.8 Å². The maximum Gasteiger partial charge on any atom is 0.326 e. The summed E-state index contributed by atoms with van der Waals surface area (Å²) in [6.07, 6.45) is 0.745. The second-order valence-corrected chi connectivity index (χ2v) is 7.84. The molecule has 0 bridgehead atoms. The lowest BCUT2D eigenvalue weighted by molar-refractivity contribution is -0.139. The summed E-state index contributed by atoms with van der Waals surface area (Å²) in [5.74, 6) is -1.53. The van der Waals surface area contributed by atoms with E-state index in [4.69, 9.17) is 16.0 Å². The highest BCUT2D eigenvalue weighted by molar-refractivity contribution is 5.83. The Hall–Kier alpha value is -3.67. The van der Waals surface area contributed by atoms with Crippen molar-refractivity contribution < 1.29 is 29.1 Å². The van der Waals surface area contributed by atoms with Gasteiger partial charge >= 0.3 is 12.0 Å². The number of nitrogens with two attached hydrogens (primary N) is 2. The molecule has 1 heterocycles. The van der Waals surface area contributed by atoms with Crippen molar-refractivity contribution in [2.45, 2.75) is 57.7 Å². The minimum atomic E-state index is -1.29. The number of hydrogen-bond donors (Lipinski definition) is 6. The Morgan fingerprint density at radius 3 is 2.42 bits per heavy atom. The van der Waals surface area contributed by atoms with Crippen LogP contribution in [0.5, 0.6) is 5.75 Å². The lowest BCUT2D eigenvalue weighted by Crippen LogP contribution is -2.48. The molecule has 1 aromatic heterocycles. The number of nitrogens with zero attached hydrogens (tertiary/aromatic N) is 2. The molecule has 12 nitrogen and oxygen atoms in total. The average molecular weight is 463 g/mol. The third-order valence-corrected chi connectivity index (χ3v) is 5.23. The van der Waals surface area contributed by atoms with Crippen molar-refractivity contribution in [3.63, 3.8) is 0 Å². The van der Waals surface area contributed by atoms with Crippen LogP contribution in [0.15, 0.2) is 28.8 Å². The number of phenolic OH excluding ortho intramolecular Hbond substituents is 1. The molecule has 1 unspecified atom stereocenters. The minimum absolute atomic E-state index is 0.119. The Balaban J connectivity index is 2.09. The fraction of sp³-hybridized carbons (Fsp3) is 0.476. The summed E-state index contributed by atoms with van der Waals surface area (Å²) in [4.78, 5) is 39.1. The zero-order chi connectivity index (χ0) is 24.5. The number of primary amides is 1. The van der Waals surface area contributed by atoms with Crippen LogP contribution in [0.3, 0.4) is 0 Å². The first-order valence-corrected chi connectivity index (χ1v) is 10.6. The quantitative estimate of drug-likeness (QED) is 0.267. The number of nitrogens with one attached hydrogen (secondary N) is 2. The van der Waals surface area contributed by atoms with Gasteiger partial charge in [0.2, 0.25) is 11.8 Å². The van der Waals surface area contributed by atoms with Crippen LogP contribution >= 0.6 is 0 Å². The summed E-state index contributed by atoms with van der Waals surface area (Å²) in [6, 6.07) is 3.27. The molecule has 0 aliphatic heterocycles. The number of amides is 3. The molecule has 4 atom stereocenters. The topological polar surface area (TPSA) is 207 Å². The van der Waals surface area contributed by atoms with Gasteiger partial charge in [-0.2, -0.15) is 4.98 Å². The van der Waals surface area contributed by atoms with E-state index in [1.807, 2.05) is 13.8 Å². The number of carbonyl (C=O) groups excluding carboxylic acids is 2. The molecule has 0 aliphatic carbocycles. The molecule has 3 amide bonds. The number of carboxylic acid groups (broad SMARTS) is 1. The first kappa shape index (κ1) is 25.6. The van der Waals surface area contributed by atoms with Gasteiger partial charge in [-0.3, -0.25) is 4.79 Å². The van der Waals surface area contributed by atoms with Gasteiger partial charge in [-0.15, -0.1) is 0 Å². The molecular weight excluding hydrogens is 432 g/mol. The number of aliphatic carboxylic acids is 1. The Morgan fingerprint density at radius 2 is 1.85 bits per heavy atom. The summed E-state index contributed by atoms with van der Waals surface area (Å²) in [7, 11) is 0. The van der Waals surface area contributed by atoms with Crippen LogP contribution in [0.1, 0.15) is 62.5 Å². The van der Waals surface area contributed by atoms with Crippen molar-refractivity contribution in [1.82, 2.24) is 20.8 Å². The molecule has 2 rings (SSSR count). The lowest BCUT2D eigenvalue weighted by atomic mass is 9.99. The van der Waals surface area contributed by atoms with E-state index in [0.29, 0.717) is 12.8 Å². The number of carbonyl (C=O) groups is 3. The van der Waals surface area contributed by atoms with E-state index < -0.39 is 36.0 Å². The Kier molecular flexibility index (Phi) is 9.16. The van der Waals surface area contributed by atoms with Gasteiger partial charge in [0.15, 0.2) is 5.82 Å². The van der Waals surface area contributed by atoms with Crippen molar-refractivity contribution in [2.75, 3.05) is 0 Å². The molecule has 8 N–H and O–H groups in total. The molecule has 2 aromatic rings. The van der Waals surface area contributed by atoms with E-state index in [1.54, 1.807) is 24.3 Å². The summed E-state index contributed by atoms with van der Waals surface area (Å²) in [5, 5.41) is 27.6. The van der Waals surface area contributed by atoms with E-state index in [-0.39, 0.29) is 36.2 Å². The predicted molar refractivity (Wildman–Crippen MR) is 117 cm³/mol. The number of aromatic hydroxyl groups is 1. The molecule has 1 aromatic carbocycles. The van der Waals surface area contributed by atoms with Crippen molar-refractivity contribution in [3.05, 3.63) is 41.5 Å². The smallest absolute Gasteiger partial charge is 0.326 e. The zero-order valence-electron chi connectivity index (χ0n) is 18.5. The maximum atomic E-state index is 12.5. The van der Waals surface area contributed by atoms with E-state index in [0.717, 1.165) is 5.56 Å². The number of rotatable bonds is 12. The van der Waals surface area contributed by atoms with Crippen LogP contribution in [-0.2, 0) is 16.0 Å². The fourth-order valence-corrected chi connectivity index (χ4v) is 3.07. The van der Waals surface area contributed by atoms with Crippen LogP contribution in [0.25, 0.3) is 0 Å². The number of phenols is 1. The normalized spacial score (nSPS) is 14.6. The molecule has 0 aliphatic rings. The zero-order valence-corrected chi connectivity index (χ0v) is 18.5. The maximum absolute atomic E-state index is 12.5. The summed E-state index contributed by atoms with van der Waals surface area (Å²) < 4.78 is 5.36. The average Bonchev–Trinajstić information content (AvgIpc) is 3.25. The second-order valence-electron chi connectivity index (χ2n) is 7.84. The molecule has 0 fully saturated rings. The Labute approximate surface area is 190 Å². The van der Waals surface area contributed by atoms with Gasteiger partial charge in [-0.1, -0.05) is 37.6 Å². The third-order valence-electron chi connectivity index (χ3n) is 5.23. The summed E-state index contributed by atoms with van der Waals surface area (Å²) in [6.45, 7) is 3.78. The standard InChI is InChI=1S/C21H30N6O6/c1-3-11(2)17(25-21(32)24-15(20(30)31)8-9-16(23)29)19-26-18(27-33-19)14(22)10-12-4-6-13(28)7-5-12/h4-7,11,14-15,17,28H,3,8-10,22H2,1-2H3,(H2,23,29)(H,30,31)(H2,24,25,32)/t11?,14-,15-,17-/m0/s1. The first-order chi connectivity index (χ1) is 15.6. The Bertz CT molecular complexity index is 947. The summed E-state index contributed by atoms with van der Waals surface area (Å²) >= 11 is 0. The highest BCUT2D eigenvalue weighted by Crippen LogP contribution is 2.25. The monoisotopic (exact) mass is 462 g/mol. The fourth-order valence-electron chi connectivity index (χ4n) is 3.07. The second kappa shape index (κ2) is 11.8. The third kappa shape index (κ3) is 7.75. The Morgan fingerprint density at radius 1 is 1.18 bits per heavy atom. The van der Waals surface area contributed by atoms with Crippen LogP contribution < -0.4 is 22.1 Å². The number of aromatic nitrogens is 2. The molecule has 0 saturated carbocycles. The van der Waals surface area contributed by atoms with Crippen LogP contribution in [0.2, 0.25) is 0 Å². The molecular formula is C21H30N6O6. The van der Waals surface area contributed by atoms with Crippen LogP contribution in [0.4, 0.5) is 4.79 Å². The molecule has 0 spiro atoms. The largest absolute Gasteiger partial charge is 0.508 e. The van der Waals surface area contributed by atoms with Gasteiger partial charge in [0.05, 0.1) is 6.04 Å². The number of carboxylic acids is 1. The van der Waals surface area contributed by atoms with Gasteiger partial charge in [-0.25, -0.2) is 9.59 Å². The molecule has 0 radical (unpaired) electrons. The van der Waals surface area contributed by atoms with Crippen molar-refractivity contribution in [3.8, 4) is 5.75 Å². The van der Waals surface area contributed by atoms with Gasteiger partial charge in [-0.05, 0) is 36.5 Å². The molecule has 180 valence electrons. The van der Waals surface area contributed by atoms with E-state index in [9.17, 15) is 24.6 Å². The lowest BCUT2D eigenvalue weighted by Gasteiger charge is -2.22. The van der Waals surface area contributed by atoms with Gasteiger partial charge in [0.25, 0.3) is 0 Å². The van der Waals surface area contributed by atoms with Crippen molar-refractivity contribution >= 4 is 17.9 Å². The SMILES string of the molecule is CCC(C)[C@H](NC(=O)N[C@@H](CCC(N)=O)C(=O)O)c1nc([C@@H](N)Cc2ccc(O)cc2)no1. The van der Waals surface area contributed by atoms with E-state index in [1.165, 1.54) is 0 Å². The van der Waals surface area contributed by atoms with Gasteiger partial charge < -0.3 is 36.8 Å². The van der Waals surface area contributed by atoms with E-state index in [2.05, 4.69) is 20.8 Å². The molecule has 33 heavy (non-hydrogen) atoms. The van der Waals surface area contributed by atoms with Gasteiger partial charge in [0, 0.05) is 6.42 Å². The highest BCUT2D eigenvalue weighted by atomic mass is 16.5. The molecule has 12 heteroatoms. The number of urea groups is 1. The van der Waals surface area contributed by atoms with Crippen molar-refractivity contribution in [2.24, 2.45) is 17.4 Å². The highest BCUT2D eigenvalue weighted by Gasteiger charge is 2.29. The summed E-state index contributed by atoms with van der Waals surface area (Å²) in [5.41, 5.74) is 12.1. The van der Waals surface area contributed by atoms with Crippen molar-refractivity contribution in [1.29, 1.82) is 0 Å². The number of benzene rings is 1. The predicted octanol–water partition coefficient (Wildman–Crippen LogP) is 1.12. The first-order valence-electron chi connectivity index (χ1n) is 10.6.